The van der Waals surface area contributed by atoms with Gasteiger partial charge in [0.05, 0.1) is 34.5 Å². The van der Waals surface area contributed by atoms with Crippen LogP contribution in [0.15, 0.2) is 60.0 Å². The number of imidazole rings is 1. The number of aromatic nitrogens is 3. The SMILES string of the molecule is O=[S@@](Cc1ncc2cnccn12)c1ccccc1. The summed E-state index contributed by atoms with van der Waals surface area (Å²) < 4.78 is 14.1. The molecule has 2 aromatic heterocycles. The summed E-state index contributed by atoms with van der Waals surface area (Å²) in [5.41, 5.74) is 0.914. The van der Waals surface area contributed by atoms with E-state index in [4.69, 9.17) is 0 Å². The van der Waals surface area contributed by atoms with Gasteiger partial charge in [-0.05, 0) is 12.1 Å². The normalized spacial score (nSPS) is 12.7. The molecule has 0 bridgehead atoms. The molecule has 4 nitrogen and oxygen atoms in total. The lowest BCUT2D eigenvalue weighted by Crippen LogP contribution is -2.01. The molecular weight excluding hydrogens is 246 g/mol. The molecule has 0 unspecified atom stereocenters. The van der Waals surface area contributed by atoms with Crippen LogP contribution < -0.4 is 0 Å². The van der Waals surface area contributed by atoms with Gasteiger partial charge in [0.2, 0.25) is 0 Å². The van der Waals surface area contributed by atoms with Gasteiger partial charge in [-0.2, -0.15) is 0 Å². The van der Waals surface area contributed by atoms with Gasteiger partial charge in [0.15, 0.2) is 0 Å². The summed E-state index contributed by atoms with van der Waals surface area (Å²) in [6, 6.07) is 9.43. The summed E-state index contributed by atoms with van der Waals surface area (Å²) in [6.45, 7) is 0. The maximum atomic E-state index is 12.2. The first-order valence-electron chi connectivity index (χ1n) is 5.54. The fourth-order valence-corrected chi connectivity index (χ4v) is 2.86. The largest absolute Gasteiger partial charge is 0.300 e. The Hall–Kier alpha value is -2.01. The van der Waals surface area contributed by atoms with E-state index in [1.807, 2.05) is 40.9 Å². The van der Waals surface area contributed by atoms with Crippen LogP contribution in [0, 0.1) is 0 Å². The molecule has 18 heavy (non-hydrogen) atoms. The molecule has 1 aromatic carbocycles. The molecule has 3 aromatic rings. The molecule has 0 spiro atoms. The number of fused-ring (bicyclic) bond motifs is 1. The highest BCUT2D eigenvalue weighted by Crippen LogP contribution is 2.12. The fraction of sp³-hybridized carbons (Fsp3) is 0.0769. The van der Waals surface area contributed by atoms with Crippen molar-refractivity contribution >= 4 is 16.3 Å². The lowest BCUT2D eigenvalue weighted by atomic mass is 10.4. The monoisotopic (exact) mass is 257 g/mol. The van der Waals surface area contributed by atoms with E-state index >= 15 is 0 Å². The highest BCUT2D eigenvalue weighted by atomic mass is 32.2. The quantitative estimate of drug-likeness (QED) is 0.721. The van der Waals surface area contributed by atoms with Gasteiger partial charge in [0.1, 0.15) is 5.82 Å². The Morgan fingerprint density at radius 2 is 2.00 bits per heavy atom. The Kier molecular flexibility index (Phi) is 2.90. The van der Waals surface area contributed by atoms with Crippen LogP contribution in [0.5, 0.6) is 0 Å². The molecule has 5 heteroatoms. The van der Waals surface area contributed by atoms with Crippen molar-refractivity contribution in [2.24, 2.45) is 0 Å². The van der Waals surface area contributed by atoms with E-state index in [0.717, 1.165) is 16.2 Å². The summed E-state index contributed by atoms with van der Waals surface area (Å²) in [5, 5.41) is 0. The van der Waals surface area contributed by atoms with Gasteiger partial charge >= 0.3 is 0 Å². The van der Waals surface area contributed by atoms with Crippen molar-refractivity contribution in [2.45, 2.75) is 10.6 Å². The first-order valence-corrected chi connectivity index (χ1v) is 6.86. The summed E-state index contributed by atoms with van der Waals surface area (Å²) in [4.78, 5) is 9.14. The average molecular weight is 257 g/mol. The van der Waals surface area contributed by atoms with Crippen LogP contribution in [-0.4, -0.2) is 18.6 Å². The highest BCUT2D eigenvalue weighted by Gasteiger charge is 2.09. The standard InChI is InChI=1S/C13H11N3OS/c17-18(12-4-2-1-3-5-12)10-13-15-9-11-8-14-6-7-16(11)13/h1-9H,10H2/t18-/m0/s1. The van der Waals surface area contributed by atoms with E-state index in [0.29, 0.717) is 5.75 Å². The number of hydrogen-bond acceptors (Lipinski definition) is 3. The van der Waals surface area contributed by atoms with Crippen LogP contribution in [0.1, 0.15) is 5.82 Å². The zero-order valence-electron chi connectivity index (χ0n) is 9.56. The van der Waals surface area contributed by atoms with Crippen molar-refractivity contribution in [3.05, 3.63) is 60.9 Å². The second-order valence-corrected chi connectivity index (χ2v) is 5.30. The lowest BCUT2D eigenvalue weighted by molar-refractivity contribution is 0.681. The molecule has 0 radical (unpaired) electrons. The lowest BCUT2D eigenvalue weighted by Gasteiger charge is -2.02. The predicted octanol–water partition coefficient (Wildman–Crippen LogP) is 2.04. The molecule has 3 rings (SSSR count). The minimum atomic E-state index is -1.07. The second-order valence-electron chi connectivity index (χ2n) is 3.85. The second kappa shape index (κ2) is 4.70. The van der Waals surface area contributed by atoms with Crippen LogP contribution in [0.25, 0.3) is 5.52 Å². The van der Waals surface area contributed by atoms with Gasteiger partial charge in [-0.15, -0.1) is 0 Å². The van der Waals surface area contributed by atoms with Crippen molar-refractivity contribution in [3.8, 4) is 0 Å². The third-order valence-electron chi connectivity index (χ3n) is 2.68. The molecule has 0 aliphatic rings. The van der Waals surface area contributed by atoms with Gasteiger partial charge in [-0.25, -0.2) is 4.98 Å². The van der Waals surface area contributed by atoms with Crippen LogP contribution in [0.3, 0.4) is 0 Å². The molecule has 0 saturated heterocycles. The first-order chi connectivity index (χ1) is 8.84. The third kappa shape index (κ3) is 2.04. The molecule has 0 aliphatic carbocycles. The van der Waals surface area contributed by atoms with Crippen LogP contribution >= 0.6 is 0 Å². The van der Waals surface area contributed by atoms with Crippen LogP contribution in [0.4, 0.5) is 0 Å². The first kappa shape index (κ1) is 11.1. The minimum Gasteiger partial charge on any atom is -0.300 e. The minimum absolute atomic E-state index is 0.405. The molecule has 0 saturated carbocycles. The molecule has 0 amide bonds. The van der Waals surface area contributed by atoms with Gasteiger partial charge in [-0.1, -0.05) is 18.2 Å². The van der Waals surface area contributed by atoms with Gasteiger partial charge in [0, 0.05) is 17.3 Å². The Labute approximate surface area is 107 Å². The predicted molar refractivity (Wildman–Crippen MR) is 69.5 cm³/mol. The van der Waals surface area contributed by atoms with Crippen LogP contribution in [-0.2, 0) is 16.6 Å². The summed E-state index contributed by atoms with van der Waals surface area (Å²) in [5.74, 6) is 1.19. The molecule has 90 valence electrons. The third-order valence-corrected chi connectivity index (χ3v) is 4.00. The maximum Gasteiger partial charge on any atom is 0.126 e. The average Bonchev–Trinajstić information content (AvgIpc) is 2.83. The van der Waals surface area contributed by atoms with Crippen LogP contribution in [0.2, 0.25) is 0 Å². The summed E-state index contributed by atoms with van der Waals surface area (Å²) >= 11 is 0. The van der Waals surface area contributed by atoms with E-state index in [1.54, 1.807) is 18.6 Å². The molecule has 1 atom stereocenters. The Bertz CT molecular complexity index is 694. The van der Waals surface area contributed by atoms with E-state index in [1.165, 1.54) is 0 Å². The Balaban J connectivity index is 1.91. The topological polar surface area (TPSA) is 47.3 Å². The van der Waals surface area contributed by atoms with Crippen molar-refractivity contribution in [3.63, 3.8) is 0 Å². The van der Waals surface area contributed by atoms with Gasteiger partial charge < -0.3 is 0 Å². The molecule has 0 aliphatic heterocycles. The van der Waals surface area contributed by atoms with E-state index in [2.05, 4.69) is 9.97 Å². The fourth-order valence-electron chi connectivity index (χ4n) is 1.79. The van der Waals surface area contributed by atoms with Crippen molar-refractivity contribution in [2.75, 3.05) is 0 Å². The smallest absolute Gasteiger partial charge is 0.126 e. The number of benzene rings is 1. The Morgan fingerprint density at radius 1 is 1.17 bits per heavy atom. The molecule has 0 fully saturated rings. The molecule has 0 N–H and O–H groups in total. The number of hydrogen-bond donors (Lipinski definition) is 0. The summed E-state index contributed by atoms with van der Waals surface area (Å²) in [6.07, 6.45) is 7.01. The zero-order valence-corrected chi connectivity index (χ0v) is 10.4. The van der Waals surface area contributed by atoms with E-state index in [9.17, 15) is 4.21 Å². The highest BCUT2D eigenvalue weighted by molar-refractivity contribution is 7.84. The van der Waals surface area contributed by atoms with Gasteiger partial charge in [0.25, 0.3) is 0 Å². The van der Waals surface area contributed by atoms with E-state index in [-0.39, 0.29) is 0 Å². The number of nitrogens with zero attached hydrogens (tertiary/aromatic N) is 3. The Morgan fingerprint density at radius 3 is 2.83 bits per heavy atom. The molecule has 2 heterocycles. The van der Waals surface area contributed by atoms with E-state index < -0.39 is 10.8 Å². The van der Waals surface area contributed by atoms with Gasteiger partial charge in [-0.3, -0.25) is 13.6 Å². The van der Waals surface area contributed by atoms with Crippen molar-refractivity contribution in [1.29, 1.82) is 0 Å². The number of rotatable bonds is 3. The summed E-state index contributed by atoms with van der Waals surface area (Å²) in [7, 11) is -1.07. The molecular formula is C13H11N3OS. The van der Waals surface area contributed by atoms with Crippen molar-refractivity contribution < 1.29 is 4.21 Å². The maximum absolute atomic E-state index is 12.2. The zero-order chi connectivity index (χ0) is 12.4. The van der Waals surface area contributed by atoms with Crippen molar-refractivity contribution in [1.82, 2.24) is 14.4 Å².